The van der Waals surface area contributed by atoms with Gasteiger partial charge in [-0.2, -0.15) is 0 Å². The maximum atomic E-state index is 12.8. The number of nitrogens with one attached hydrogen (secondary N) is 2. The molecule has 0 radical (unpaired) electrons. The van der Waals surface area contributed by atoms with Crippen LogP contribution < -0.4 is 10.6 Å². The van der Waals surface area contributed by atoms with Gasteiger partial charge in [0, 0.05) is 28.3 Å². The van der Waals surface area contributed by atoms with Crippen LogP contribution in [-0.2, 0) is 16.0 Å². The number of aryl methyl sites for hydroxylation is 1. The highest BCUT2D eigenvalue weighted by molar-refractivity contribution is 7.14. The molecular weight excluding hydrogens is 452 g/mol. The normalized spacial score (nSPS) is 15.8. The first-order chi connectivity index (χ1) is 16.0. The van der Waals surface area contributed by atoms with Gasteiger partial charge in [0.1, 0.15) is 0 Å². The number of hydrogen-bond donors (Lipinski definition) is 2. The van der Waals surface area contributed by atoms with Gasteiger partial charge in [-0.15, -0.1) is 22.7 Å². The van der Waals surface area contributed by atoms with E-state index >= 15 is 0 Å². The average molecular weight is 483 g/mol. The van der Waals surface area contributed by atoms with Crippen molar-refractivity contribution in [3.05, 3.63) is 57.6 Å². The number of rotatable bonds is 8. The molecule has 3 heterocycles. The lowest BCUT2D eigenvalue weighted by atomic mass is 9.95. The summed E-state index contributed by atoms with van der Waals surface area (Å²) in [6.45, 7) is 6.13. The average Bonchev–Trinajstić information content (AvgIpc) is 3.51. The molecule has 6 nitrogen and oxygen atoms in total. The number of carbonyl (C=O) groups is 2. The van der Waals surface area contributed by atoms with Crippen LogP contribution in [0, 0.1) is 12.8 Å². The number of aromatic nitrogens is 1. The van der Waals surface area contributed by atoms with Gasteiger partial charge in [-0.05, 0) is 57.6 Å². The van der Waals surface area contributed by atoms with E-state index in [0.717, 1.165) is 43.6 Å². The highest BCUT2D eigenvalue weighted by Gasteiger charge is 2.30. The van der Waals surface area contributed by atoms with Crippen LogP contribution in [-0.4, -0.2) is 47.4 Å². The summed E-state index contributed by atoms with van der Waals surface area (Å²) in [5.41, 5.74) is 3.12. The molecule has 1 unspecified atom stereocenters. The van der Waals surface area contributed by atoms with E-state index in [9.17, 15) is 9.59 Å². The number of carbonyl (C=O) groups excluding carboxylic acids is 2. The molecule has 1 aliphatic rings. The van der Waals surface area contributed by atoms with Crippen molar-refractivity contribution in [1.82, 2.24) is 15.2 Å². The Morgan fingerprint density at radius 3 is 2.61 bits per heavy atom. The lowest BCUT2D eigenvalue weighted by Gasteiger charge is -2.34. The molecule has 8 heteroatoms. The second-order valence-electron chi connectivity index (χ2n) is 8.50. The third kappa shape index (κ3) is 6.28. The number of nitrogens with zero attached hydrogens (tertiary/aromatic N) is 2. The van der Waals surface area contributed by atoms with Crippen molar-refractivity contribution in [3.8, 4) is 11.3 Å². The van der Waals surface area contributed by atoms with Gasteiger partial charge in [0.15, 0.2) is 5.13 Å². The van der Waals surface area contributed by atoms with Crippen molar-refractivity contribution in [2.45, 2.75) is 39.2 Å². The van der Waals surface area contributed by atoms with Crippen molar-refractivity contribution < 1.29 is 9.59 Å². The Hall–Kier alpha value is -2.55. The predicted octanol–water partition coefficient (Wildman–Crippen LogP) is 4.58. The molecule has 2 aromatic heterocycles. The Kier molecular flexibility index (Phi) is 7.90. The SMILES string of the molecule is Cc1ccc(-c2csc(NC(=O)C(C)N3CCC(C(=O)NCCc4cccs4)CC3)n2)cc1. The molecule has 1 fully saturated rings. The number of thiazole rings is 1. The third-order valence-corrected chi connectivity index (χ3v) is 7.85. The monoisotopic (exact) mass is 482 g/mol. The molecule has 4 rings (SSSR count). The molecule has 174 valence electrons. The first-order valence-electron chi connectivity index (χ1n) is 11.4. The van der Waals surface area contributed by atoms with E-state index in [-0.39, 0.29) is 23.8 Å². The van der Waals surface area contributed by atoms with Crippen molar-refractivity contribution in [1.29, 1.82) is 0 Å². The molecule has 2 amide bonds. The molecule has 0 spiro atoms. The fourth-order valence-corrected chi connectivity index (χ4v) is 5.45. The number of piperidine rings is 1. The van der Waals surface area contributed by atoms with Crippen molar-refractivity contribution in [2.75, 3.05) is 25.0 Å². The van der Waals surface area contributed by atoms with Gasteiger partial charge >= 0.3 is 0 Å². The minimum absolute atomic E-state index is 0.0240. The zero-order chi connectivity index (χ0) is 23.2. The zero-order valence-electron chi connectivity index (χ0n) is 19.0. The summed E-state index contributed by atoms with van der Waals surface area (Å²) in [7, 11) is 0. The quantitative estimate of drug-likeness (QED) is 0.493. The second-order valence-corrected chi connectivity index (χ2v) is 10.4. The summed E-state index contributed by atoms with van der Waals surface area (Å²) in [6, 6.07) is 12.1. The number of hydrogen-bond acceptors (Lipinski definition) is 6. The number of amides is 2. The van der Waals surface area contributed by atoms with Crippen molar-refractivity contribution in [3.63, 3.8) is 0 Å². The van der Waals surface area contributed by atoms with Gasteiger partial charge in [-0.25, -0.2) is 4.98 Å². The molecule has 0 saturated carbocycles. The fraction of sp³-hybridized carbons (Fsp3) is 0.400. The molecule has 0 bridgehead atoms. The van der Waals surface area contributed by atoms with Crippen LogP contribution >= 0.6 is 22.7 Å². The Morgan fingerprint density at radius 2 is 1.91 bits per heavy atom. The number of benzene rings is 1. The fourth-order valence-electron chi connectivity index (χ4n) is 4.02. The van der Waals surface area contributed by atoms with E-state index in [1.165, 1.54) is 21.8 Å². The molecule has 1 aromatic carbocycles. The van der Waals surface area contributed by atoms with Crippen molar-refractivity contribution >= 4 is 39.6 Å². The zero-order valence-corrected chi connectivity index (χ0v) is 20.7. The molecule has 2 N–H and O–H groups in total. The van der Waals surface area contributed by atoms with Gasteiger partial charge in [-0.3, -0.25) is 14.5 Å². The lowest BCUT2D eigenvalue weighted by Crippen LogP contribution is -2.48. The van der Waals surface area contributed by atoms with E-state index in [0.29, 0.717) is 11.7 Å². The van der Waals surface area contributed by atoms with E-state index in [1.54, 1.807) is 11.3 Å². The summed E-state index contributed by atoms with van der Waals surface area (Å²) in [4.78, 5) is 33.3. The first-order valence-corrected chi connectivity index (χ1v) is 13.1. The minimum Gasteiger partial charge on any atom is -0.355 e. The minimum atomic E-state index is -0.264. The van der Waals surface area contributed by atoms with E-state index < -0.39 is 0 Å². The van der Waals surface area contributed by atoms with Gasteiger partial charge in [0.05, 0.1) is 11.7 Å². The van der Waals surface area contributed by atoms with Gasteiger partial charge in [0.2, 0.25) is 11.8 Å². The molecule has 1 aliphatic heterocycles. The van der Waals surface area contributed by atoms with Crippen molar-refractivity contribution in [2.24, 2.45) is 5.92 Å². The van der Waals surface area contributed by atoms with Gasteiger partial charge in [-0.1, -0.05) is 35.9 Å². The maximum absolute atomic E-state index is 12.8. The Bertz CT molecular complexity index is 1050. The highest BCUT2D eigenvalue weighted by atomic mass is 32.1. The summed E-state index contributed by atoms with van der Waals surface area (Å²) in [5, 5.41) is 10.7. The van der Waals surface area contributed by atoms with E-state index in [2.05, 4.69) is 51.0 Å². The Morgan fingerprint density at radius 1 is 1.15 bits per heavy atom. The number of thiophene rings is 1. The van der Waals surface area contributed by atoms with Gasteiger partial charge < -0.3 is 10.6 Å². The lowest BCUT2D eigenvalue weighted by molar-refractivity contribution is -0.127. The smallest absolute Gasteiger partial charge is 0.243 e. The van der Waals surface area contributed by atoms with Crippen LogP contribution in [0.2, 0.25) is 0 Å². The predicted molar refractivity (Wildman–Crippen MR) is 136 cm³/mol. The molecule has 3 aromatic rings. The van der Waals surface area contributed by atoms with Crippen LogP contribution in [0.5, 0.6) is 0 Å². The molecule has 1 saturated heterocycles. The summed E-state index contributed by atoms with van der Waals surface area (Å²) in [6.07, 6.45) is 2.43. The second kappa shape index (κ2) is 11.0. The first kappa shape index (κ1) is 23.6. The Labute approximate surface area is 203 Å². The largest absolute Gasteiger partial charge is 0.355 e. The van der Waals surface area contributed by atoms with Crippen LogP contribution in [0.1, 0.15) is 30.2 Å². The standard InChI is InChI=1S/C25H30N4O2S2/c1-17-5-7-19(8-6-17)22-16-33-25(27-22)28-23(30)18(2)29-13-10-20(11-14-29)24(31)26-12-9-21-4-3-15-32-21/h3-8,15-16,18,20H,9-14H2,1-2H3,(H,26,31)(H,27,28,30). The van der Waals surface area contributed by atoms with Crippen LogP contribution in [0.3, 0.4) is 0 Å². The summed E-state index contributed by atoms with van der Waals surface area (Å²) < 4.78 is 0. The molecule has 33 heavy (non-hydrogen) atoms. The third-order valence-electron chi connectivity index (χ3n) is 6.16. The maximum Gasteiger partial charge on any atom is 0.243 e. The van der Waals surface area contributed by atoms with Crippen LogP contribution in [0.4, 0.5) is 5.13 Å². The number of anilines is 1. The topological polar surface area (TPSA) is 74.3 Å². The van der Waals surface area contributed by atoms with Gasteiger partial charge in [0.25, 0.3) is 0 Å². The molecule has 1 atom stereocenters. The van der Waals surface area contributed by atoms with E-state index in [4.69, 9.17) is 0 Å². The van der Waals surface area contributed by atoms with E-state index in [1.807, 2.05) is 30.5 Å². The summed E-state index contributed by atoms with van der Waals surface area (Å²) >= 11 is 3.16. The Balaban J connectivity index is 1.22. The van der Waals surface area contributed by atoms with Crippen LogP contribution in [0.15, 0.2) is 47.2 Å². The highest BCUT2D eigenvalue weighted by Crippen LogP contribution is 2.26. The summed E-state index contributed by atoms with van der Waals surface area (Å²) in [5.74, 6) is 0.101. The van der Waals surface area contributed by atoms with Crippen LogP contribution in [0.25, 0.3) is 11.3 Å². The molecule has 0 aliphatic carbocycles. The number of likely N-dealkylation sites (tertiary alicyclic amines) is 1. The molecular formula is C25H30N4O2S2.